The molecule has 4 aliphatic carbocycles. The topological polar surface area (TPSA) is 71.4 Å². The molecule has 0 spiro atoms. The van der Waals surface area contributed by atoms with Crippen LogP contribution in [0.2, 0.25) is 0 Å². The first kappa shape index (κ1) is 27.0. The summed E-state index contributed by atoms with van der Waals surface area (Å²) in [5.41, 5.74) is -0.146. The predicted octanol–water partition coefficient (Wildman–Crippen LogP) is 6.65. The average Bonchev–Trinajstić information content (AvgIpc) is 3.09. The number of hydrogen-bond donors (Lipinski definition) is 1. The summed E-state index contributed by atoms with van der Waals surface area (Å²) in [6.45, 7) is 12.5. The quantitative estimate of drug-likeness (QED) is 0.518. The molecule has 0 heterocycles. The van der Waals surface area contributed by atoms with E-state index in [1.165, 1.54) is 0 Å². The second-order valence-electron chi connectivity index (χ2n) is 10.6. The van der Waals surface area contributed by atoms with Crippen LogP contribution in [0, 0.1) is 40.4 Å². The number of halogens is 1. The van der Waals surface area contributed by atoms with Crippen LogP contribution in [0.15, 0.2) is 0 Å². The zero-order valence-electron chi connectivity index (χ0n) is 21.1. The number of carbonyl (C=O) groups is 3. The van der Waals surface area contributed by atoms with E-state index in [1.807, 2.05) is 27.7 Å². The van der Waals surface area contributed by atoms with Gasteiger partial charge in [-0.05, 0) is 79.4 Å². The number of carboxylic acids is 1. The molecule has 0 aromatic rings. The summed E-state index contributed by atoms with van der Waals surface area (Å²) < 4.78 is 14.4. The van der Waals surface area contributed by atoms with Crippen molar-refractivity contribution >= 4 is 17.5 Å². The Morgan fingerprint density at radius 3 is 2.19 bits per heavy atom. The van der Waals surface area contributed by atoms with Gasteiger partial charge in [0.15, 0.2) is 12.0 Å². The van der Waals surface area contributed by atoms with E-state index in [2.05, 4.69) is 13.8 Å². The predicted molar refractivity (Wildman–Crippen MR) is 125 cm³/mol. The van der Waals surface area contributed by atoms with Crippen molar-refractivity contribution in [3.8, 4) is 0 Å². The normalized spacial score (nSPS) is 42.3. The van der Waals surface area contributed by atoms with Gasteiger partial charge in [0, 0.05) is 25.2 Å². The zero-order valence-corrected chi connectivity index (χ0v) is 21.1. The molecule has 4 aliphatic rings. The minimum atomic E-state index is -1.37. The Hall–Kier alpha value is -1.26. The molecule has 8 unspecified atom stereocenters. The van der Waals surface area contributed by atoms with Crippen molar-refractivity contribution in [2.75, 3.05) is 0 Å². The maximum Gasteiger partial charge on any atom is 0.303 e. The number of alkyl halides is 1. The lowest BCUT2D eigenvalue weighted by Crippen LogP contribution is -2.58. The fourth-order valence-electron chi connectivity index (χ4n) is 7.82. The summed E-state index contributed by atoms with van der Waals surface area (Å²) in [6.07, 6.45) is 5.51. The van der Waals surface area contributed by atoms with E-state index in [1.54, 1.807) is 0 Å². The zero-order chi connectivity index (χ0) is 24.3. The molecule has 8 atom stereocenters. The molecule has 5 heteroatoms. The second kappa shape index (κ2) is 10.8. The van der Waals surface area contributed by atoms with Gasteiger partial charge in [-0.2, -0.15) is 0 Å². The van der Waals surface area contributed by atoms with Crippen LogP contribution < -0.4 is 0 Å². The Bertz CT molecular complexity index is 691. The fraction of sp³-hybridized carbons (Fsp3) is 0.889. The number of carbonyl (C=O) groups excluding carboxylic acids is 2. The van der Waals surface area contributed by atoms with Gasteiger partial charge in [-0.15, -0.1) is 0 Å². The summed E-state index contributed by atoms with van der Waals surface area (Å²) in [7, 11) is 0. The van der Waals surface area contributed by atoms with Gasteiger partial charge in [0.25, 0.3) is 0 Å². The molecule has 0 aromatic heterocycles. The lowest BCUT2D eigenvalue weighted by molar-refractivity contribution is -0.162. The Kier molecular flexibility index (Phi) is 9.09. The Morgan fingerprint density at radius 2 is 1.56 bits per heavy atom. The van der Waals surface area contributed by atoms with Crippen LogP contribution in [0.4, 0.5) is 4.39 Å². The molecule has 0 aliphatic heterocycles. The highest BCUT2D eigenvalue weighted by Crippen LogP contribution is 2.67. The van der Waals surface area contributed by atoms with E-state index in [9.17, 15) is 18.8 Å². The van der Waals surface area contributed by atoms with Crippen molar-refractivity contribution in [1.82, 2.24) is 0 Å². The standard InChI is InChI=1S/C23H33FO4.2C2H6/c1-22-9-8-16-21(15(22)7-6-13(22)4-3-5-20(27)28)19(26)11-14-10-18(25)17(24)12-23(14,16)2;2*1-2/h13-17,21H,3-12H2,1-2H3,(H,27,28);2*1-2H3. The SMILES string of the molecule is CC.CC.CC12CCC3C(C(=O)CC4CC(=O)C(F)CC43C)C1CCC2CCCC(=O)O. The monoisotopic (exact) mass is 452 g/mol. The molecule has 0 bridgehead atoms. The second-order valence-corrected chi connectivity index (χ2v) is 10.6. The van der Waals surface area contributed by atoms with Crippen LogP contribution in [-0.2, 0) is 14.4 Å². The number of hydrogen-bond acceptors (Lipinski definition) is 3. The van der Waals surface area contributed by atoms with Crippen molar-refractivity contribution in [2.24, 2.45) is 40.4 Å². The number of ketones is 2. The van der Waals surface area contributed by atoms with E-state index in [0.29, 0.717) is 30.5 Å². The summed E-state index contributed by atoms with van der Waals surface area (Å²) >= 11 is 0. The number of carboxylic acid groups (broad SMARTS) is 1. The Labute approximate surface area is 194 Å². The smallest absolute Gasteiger partial charge is 0.303 e. The molecule has 1 N–H and O–H groups in total. The van der Waals surface area contributed by atoms with Crippen LogP contribution in [0.25, 0.3) is 0 Å². The number of fused-ring (bicyclic) bond motifs is 5. The van der Waals surface area contributed by atoms with E-state index >= 15 is 0 Å². The highest BCUT2D eigenvalue weighted by atomic mass is 19.1. The van der Waals surface area contributed by atoms with Gasteiger partial charge in [0.05, 0.1) is 0 Å². The number of aliphatic carboxylic acids is 1. The van der Waals surface area contributed by atoms with Crippen molar-refractivity contribution < 1.29 is 23.9 Å². The van der Waals surface area contributed by atoms with Crippen LogP contribution >= 0.6 is 0 Å². The average molecular weight is 453 g/mol. The molecule has 0 radical (unpaired) electrons. The van der Waals surface area contributed by atoms with Crippen LogP contribution in [-0.4, -0.2) is 28.8 Å². The van der Waals surface area contributed by atoms with E-state index in [-0.39, 0.29) is 53.6 Å². The Morgan fingerprint density at radius 1 is 0.969 bits per heavy atom. The lowest BCUT2D eigenvalue weighted by Gasteiger charge is -2.59. The summed E-state index contributed by atoms with van der Waals surface area (Å²) in [5.74, 6) is 0.287. The molecule has 4 saturated carbocycles. The minimum Gasteiger partial charge on any atom is -0.481 e. The van der Waals surface area contributed by atoms with Gasteiger partial charge in [0.1, 0.15) is 5.78 Å². The molecule has 0 saturated heterocycles. The van der Waals surface area contributed by atoms with E-state index in [0.717, 1.165) is 32.1 Å². The summed E-state index contributed by atoms with van der Waals surface area (Å²) in [6, 6.07) is 0. The van der Waals surface area contributed by atoms with Gasteiger partial charge in [-0.25, -0.2) is 4.39 Å². The number of Topliss-reactive ketones (excluding diaryl/α,β-unsaturated/α-hetero) is 2. The van der Waals surface area contributed by atoms with Crippen molar-refractivity contribution in [3.63, 3.8) is 0 Å². The van der Waals surface area contributed by atoms with Crippen molar-refractivity contribution in [3.05, 3.63) is 0 Å². The maximum atomic E-state index is 14.4. The maximum absolute atomic E-state index is 14.4. The third-order valence-corrected chi connectivity index (χ3v) is 9.43. The number of rotatable bonds is 4. The minimum absolute atomic E-state index is 0.00451. The fourth-order valence-corrected chi connectivity index (χ4v) is 7.82. The molecule has 4 nitrogen and oxygen atoms in total. The van der Waals surface area contributed by atoms with Crippen LogP contribution in [0.1, 0.15) is 106 Å². The molecule has 0 aromatic carbocycles. The third-order valence-electron chi connectivity index (χ3n) is 9.43. The Balaban J connectivity index is 0.000000860. The molecule has 32 heavy (non-hydrogen) atoms. The lowest BCUT2D eigenvalue weighted by atomic mass is 9.44. The van der Waals surface area contributed by atoms with Gasteiger partial charge >= 0.3 is 5.97 Å². The molecule has 0 amide bonds. The van der Waals surface area contributed by atoms with Crippen LogP contribution in [0.3, 0.4) is 0 Å². The largest absolute Gasteiger partial charge is 0.481 e. The molecular weight excluding hydrogens is 407 g/mol. The third kappa shape index (κ3) is 4.68. The molecule has 4 fully saturated rings. The van der Waals surface area contributed by atoms with Gasteiger partial charge in [-0.1, -0.05) is 41.5 Å². The first-order valence-electron chi connectivity index (χ1n) is 13.1. The van der Waals surface area contributed by atoms with Crippen LogP contribution in [0.5, 0.6) is 0 Å². The van der Waals surface area contributed by atoms with E-state index < -0.39 is 12.1 Å². The van der Waals surface area contributed by atoms with Crippen molar-refractivity contribution in [1.29, 1.82) is 0 Å². The highest BCUT2D eigenvalue weighted by molar-refractivity contribution is 5.88. The summed E-state index contributed by atoms with van der Waals surface area (Å²) in [4.78, 5) is 36.1. The highest BCUT2D eigenvalue weighted by Gasteiger charge is 2.63. The summed E-state index contributed by atoms with van der Waals surface area (Å²) in [5, 5.41) is 8.95. The van der Waals surface area contributed by atoms with Gasteiger partial charge in [0.2, 0.25) is 0 Å². The molecule has 4 rings (SSSR count). The molecule has 184 valence electrons. The van der Waals surface area contributed by atoms with Gasteiger partial charge < -0.3 is 5.11 Å². The van der Waals surface area contributed by atoms with Crippen molar-refractivity contribution in [2.45, 2.75) is 112 Å². The first-order valence-corrected chi connectivity index (χ1v) is 13.1. The van der Waals surface area contributed by atoms with Gasteiger partial charge in [-0.3, -0.25) is 14.4 Å². The van der Waals surface area contributed by atoms with E-state index in [4.69, 9.17) is 5.11 Å². The first-order chi connectivity index (χ1) is 15.2. The molecular formula is C27H45FO4.